The third kappa shape index (κ3) is 4.73. The van der Waals surface area contributed by atoms with Gasteiger partial charge in [-0.05, 0) is 11.8 Å². The summed E-state index contributed by atoms with van der Waals surface area (Å²) in [6, 6.07) is 0. The molecule has 1 N–H and O–H groups in total. The zero-order valence-electron chi connectivity index (χ0n) is 8.55. The fourth-order valence-electron chi connectivity index (χ4n) is 1.32. The maximum Gasteiger partial charge on any atom is 0.0697 e. The molecule has 0 aliphatic carbocycles. The van der Waals surface area contributed by atoms with Crippen molar-refractivity contribution < 1.29 is 9.84 Å². The van der Waals surface area contributed by atoms with Gasteiger partial charge in [0.25, 0.3) is 0 Å². The van der Waals surface area contributed by atoms with Crippen molar-refractivity contribution >= 4 is 0 Å². The van der Waals surface area contributed by atoms with Crippen molar-refractivity contribution in [2.45, 2.75) is 33.6 Å². The van der Waals surface area contributed by atoms with E-state index in [9.17, 15) is 0 Å². The molecule has 2 atom stereocenters. The smallest absolute Gasteiger partial charge is 0.0697 e. The van der Waals surface area contributed by atoms with E-state index in [0.29, 0.717) is 12.5 Å². The molecule has 0 radical (unpaired) electrons. The van der Waals surface area contributed by atoms with Gasteiger partial charge in [-0.3, -0.25) is 0 Å². The molecule has 0 aromatic rings. The normalized spacial score (nSPS) is 16.0. The Balaban J connectivity index is 3.52. The van der Waals surface area contributed by atoms with Gasteiger partial charge in [-0.25, -0.2) is 0 Å². The van der Waals surface area contributed by atoms with Crippen LogP contribution in [0.15, 0.2) is 0 Å². The quantitative estimate of drug-likeness (QED) is 0.599. The van der Waals surface area contributed by atoms with Crippen molar-refractivity contribution in [3.8, 4) is 0 Å². The SMILES string of the molecule is CCC(C)C(CC)COCCO. The summed E-state index contributed by atoms with van der Waals surface area (Å²) in [5.74, 6) is 1.38. The van der Waals surface area contributed by atoms with E-state index in [1.165, 1.54) is 12.8 Å². The second kappa shape index (κ2) is 7.56. The Labute approximate surface area is 75.9 Å². The minimum Gasteiger partial charge on any atom is -0.394 e. The lowest BCUT2D eigenvalue weighted by atomic mass is 9.90. The van der Waals surface area contributed by atoms with Crippen LogP contribution in [-0.2, 0) is 4.74 Å². The molecule has 0 aliphatic heterocycles. The number of aliphatic hydroxyl groups is 1. The molecule has 2 nitrogen and oxygen atoms in total. The molecule has 2 heteroatoms. The van der Waals surface area contributed by atoms with E-state index in [2.05, 4.69) is 20.8 Å². The first kappa shape index (κ1) is 11.9. The predicted molar refractivity (Wildman–Crippen MR) is 51.1 cm³/mol. The summed E-state index contributed by atoms with van der Waals surface area (Å²) in [6.07, 6.45) is 2.38. The monoisotopic (exact) mass is 174 g/mol. The summed E-state index contributed by atoms with van der Waals surface area (Å²) in [4.78, 5) is 0. The van der Waals surface area contributed by atoms with Crippen LogP contribution in [0.25, 0.3) is 0 Å². The minimum absolute atomic E-state index is 0.136. The standard InChI is InChI=1S/C10H22O2/c1-4-9(3)10(5-2)8-12-7-6-11/h9-11H,4-8H2,1-3H3. The van der Waals surface area contributed by atoms with Gasteiger partial charge in [-0.1, -0.05) is 33.6 Å². The molecule has 0 spiro atoms. The summed E-state index contributed by atoms with van der Waals surface area (Å²) in [5.41, 5.74) is 0. The molecule has 0 amide bonds. The topological polar surface area (TPSA) is 29.5 Å². The van der Waals surface area contributed by atoms with Crippen molar-refractivity contribution in [3.05, 3.63) is 0 Å². The molecule has 2 unspecified atom stereocenters. The van der Waals surface area contributed by atoms with Crippen LogP contribution in [0.3, 0.4) is 0 Å². The molecule has 0 saturated heterocycles. The summed E-state index contributed by atoms with van der Waals surface area (Å²) in [7, 11) is 0. The van der Waals surface area contributed by atoms with Gasteiger partial charge in [0.05, 0.1) is 13.2 Å². The highest BCUT2D eigenvalue weighted by Gasteiger charge is 2.13. The van der Waals surface area contributed by atoms with Gasteiger partial charge >= 0.3 is 0 Å². The van der Waals surface area contributed by atoms with Crippen LogP contribution < -0.4 is 0 Å². The van der Waals surface area contributed by atoms with Crippen LogP contribution in [-0.4, -0.2) is 24.9 Å². The Morgan fingerprint density at radius 2 is 1.92 bits per heavy atom. The summed E-state index contributed by atoms with van der Waals surface area (Å²) >= 11 is 0. The fourth-order valence-corrected chi connectivity index (χ4v) is 1.32. The third-order valence-electron chi connectivity index (χ3n) is 2.54. The zero-order chi connectivity index (χ0) is 9.40. The predicted octanol–water partition coefficient (Wildman–Crippen LogP) is 2.07. The first-order valence-electron chi connectivity index (χ1n) is 4.94. The van der Waals surface area contributed by atoms with Crippen LogP contribution in [0.4, 0.5) is 0 Å². The first-order valence-corrected chi connectivity index (χ1v) is 4.94. The highest BCUT2D eigenvalue weighted by atomic mass is 16.5. The second-order valence-electron chi connectivity index (χ2n) is 3.35. The Kier molecular flexibility index (Phi) is 7.51. The van der Waals surface area contributed by atoms with Crippen molar-refractivity contribution in [2.24, 2.45) is 11.8 Å². The lowest BCUT2D eigenvalue weighted by Gasteiger charge is -2.20. The highest BCUT2D eigenvalue weighted by molar-refractivity contribution is 4.62. The summed E-state index contributed by atoms with van der Waals surface area (Å²) < 4.78 is 5.31. The largest absolute Gasteiger partial charge is 0.394 e. The maximum absolute atomic E-state index is 8.52. The van der Waals surface area contributed by atoms with Gasteiger partial charge in [0.1, 0.15) is 0 Å². The first-order chi connectivity index (χ1) is 5.76. The molecule has 0 bridgehead atoms. The van der Waals surface area contributed by atoms with E-state index in [4.69, 9.17) is 9.84 Å². The van der Waals surface area contributed by atoms with Gasteiger partial charge in [0.15, 0.2) is 0 Å². The zero-order valence-corrected chi connectivity index (χ0v) is 8.55. The van der Waals surface area contributed by atoms with E-state index in [0.717, 1.165) is 12.5 Å². The van der Waals surface area contributed by atoms with Crippen molar-refractivity contribution in [1.82, 2.24) is 0 Å². The van der Waals surface area contributed by atoms with E-state index >= 15 is 0 Å². The van der Waals surface area contributed by atoms with Gasteiger partial charge in [-0.2, -0.15) is 0 Å². The molecule has 0 rings (SSSR count). The van der Waals surface area contributed by atoms with Gasteiger partial charge < -0.3 is 9.84 Å². The number of rotatable bonds is 7. The summed E-state index contributed by atoms with van der Waals surface area (Å²) in [5, 5.41) is 8.52. The van der Waals surface area contributed by atoms with Crippen LogP contribution in [0.2, 0.25) is 0 Å². The van der Waals surface area contributed by atoms with Crippen LogP contribution in [0, 0.1) is 11.8 Å². The number of aliphatic hydroxyl groups excluding tert-OH is 1. The molecule has 0 aromatic carbocycles. The molecule has 0 saturated carbocycles. The Morgan fingerprint density at radius 3 is 2.33 bits per heavy atom. The number of hydrogen-bond acceptors (Lipinski definition) is 2. The van der Waals surface area contributed by atoms with Gasteiger partial charge in [0.2, 0.25) is 0 Å². The molecular weight excluding hydrogens is 152 g/mol. The minimum atomic E-state index is 0.136. The van der Waals surface area contributed by atoms with Crippen LogP contribution >= 0.6 is 0 Å². The second-order valence-corrected chi connectivity index (χ2v) is 3.35. The lowest BCUT2D eigenvalue weighted by molar-refractivity contribution is 0.0520. The van der Waals surface area contributed by atoms with Gasteiger partial charge in [-0.15, -0.1) is 0 Å². The third-order valence-corrected chi connectivity index (χ3v) is 2.54. The van der Waals surface area contributed by atoms with Crippen molar-refractivity contribution in [3.63, 3.8) is 0 Å². The Bertz CT molecular complexity index is 93.8. The van der Waals surface area contributed by atoms with Crippen molar-refractivity contribution in [1.29, 1.82) is 0 Å². The van der Waals surface area contributed by atoms with Crippen molar-refractivity contribution in [2.75, 3.05) is 19.8 Å². The van der Waals surface area contributed by atoms with E-state index < -0.39 is 0 Å². The molecule has 74 valence electrons. The molecule has 0 aliphatic rings. The molecule has 0 heterocycles. The summed E-state index contributed by atoms with van der Waals surface area (Å²) in [6.45, 7) is 8.07. The van der Waals surface area contributed by atoms with Gasteiger partial charge in [0, 0.05) is 6.61 Å². The number of hydrogen-bond donors (Lipinski definition) is 1. The average molecular weight is 174 g/mol. The molecule has 0 aromatic heterocycles. The maximum atomic E-state index is 8.52. The molecular formula is C10H22O2. The average Bonchev–Trinajstić information content (AvgIpc) is 2.11. The van der Waals surface area contributed by atoms with E-state index in [1.807, 2.05) is 0 Å². The van der Waals surface area contributed by atoms with Crippen LogP contribution in [0.1, 0.15) is 33.6 Å². The number of ether oxygens (including phenoxy) is 1. The van der Waals surface area contributed by atoms with Crippen LogP contribution in [0.5, 0.6) is 0 Å². The molecule has 0 fully saturated rings. The fraction of sp³-hybridized carbons (Fsp3) is 1.00. The highest BCUT2D eigenvalue weighted by Crippen LogP contribution is 2.18. The Morgan fingerprint density at radius 1 is 1.25 bits per heavy atom. The molecule has 12 heavy (non-hydrogen) atoms. The van der Waals surface area contributed by atoms with E-state index in [-0.39, 0.29) is 6.61 Å². The van der Waals surface area contributed by atoms with E-state index in [1.54, 1.807) is 0 Å². The Hall–Kier alpha value is -0.0800. The lowest BCUT2D eigenvalue weighted by Crippen LogP contribution is -2.17.